The number of anilines is 1. The highest BCUT2D eigenvalue weighted by Crippen LogP contribution is 2.26. The van der Waals surface area contributed by atoms with Gasteiger partial charge in [-0.15, -0.1) is 0 Å². The molecule has 1 fully saturated rings. The van der Waals surface area contributed by atoms with Crippen LogP contribution in [0, 0.1) is 5.92 Å². The summed E-state index contributed by atoms with van der Waals surface area (Å²) in [5, 5.41) is 2.78. The predicted octanol–water partition coefficient (Wildman–Crippen LogP) is 0.884. The Morgan fingerprint density at radius 1 is 1.28 bits per heavy atom. The summed E-state index contributed by atoms with van der Waals surface area (Å²) < 4.78 is 35.1. The van der Waals surface area contributed by atoms with Gasteiger partial charge in [0.05, 0.1) is 25.7 Å². The maximum atomic E-state index is 12.5. The maximum Gasteiger partial charge on any atom is 0.319 e. The van der Waals surface area contributed by atoms with Gasteiger partial charge in [0.2, 0.25) is 21.8 Å². The van der Waals surface area contributed by atoms with Crippen LogP contribution >= 0.6 is 0 Å². The lowest BCUT2D eigenvalue weighted by Gasteiger charge is -2.29. The van der Waals surface area contributed by atoms with E-state index in [4.69, 9.17) is 9.47 Å². The molecule has 1 aliphatic heterocycles. The van der Waals surface area contributed by atoms with E-state index in [1.807, 2.05) is 13.8 Å². The molecule has 0 bridgehead atoms. The van der Waals surface area contributed by atoms with Crippen LogP contribution in [0.15, 0.2) is 6.20 Å². The van der Waals surface area contributed by atoms with Gasteiger partial charge in [0.25, 0.3) is 0 Å². The highest BCUT2D eigenvalue weighted by Gasteiger charge is 2.29. The van der Waals surface area contributed by atoms with E-state index >= 15 is 0 Å². The molecule has 0 unspecified atom stereocenters. The summed E-state index contributed by atoms with van der Waals surface area (Å²) in [4.78, 5) is 20.6. The van der Waals surface area contributed by atoms with Crippen molar-refractivity contribution in [3.05, 3.63) is 6.20 Å². The van der Waals surface area contributed by atoms with Crippen molar-refractivity contribution in [3.8, 4) is 11.9 Å². The van der Waals surface area contributed by atoms with Crippen LogP contribution in [0.4, 0.5) is 5.69 Å². The molecule has 0 spiro atoms. The molecular formula is C15H24N4O5S. The van der Waals surface area contributed by atoms with Crippen molar-refractivity contribution >= 4 is 21.6 Å². The fourth-order valence-electron chi connectivity index (χ4n) is 2.57. The third-order valence-electron chi connectivity index (χ3n) is 3.84. The number of hydrogen-bond donors (Lipinski definition) is 1. The van der Waals surface area contributed by atoms with Crippen LogP contribution < -0.4 is 14.8 Å². The molecule has 0 radical (unpaired) electrons. The summed E-state index contributed by atoms with van der Waals surface area (Å²) >= 11 is 0. The Hall–Kier alpha value is -1.94. The van der Waals surface area contributed by atoms with Gasteiger partial charge in [-0.25, -0.2) is 17.7 Å². The lowest BCUT2D eigenvalue weighted by atomic mass is 9.97. The number of hydrogen-bond acceptors (Lipinski definition) is 7. The van der Waals surface area contributed by atoms with Crippen molar-refractivity contribution in [2.45, 2.75) is 26.7 Å². The van der Waals surface area contributed by atoms with Gasteiger partial charge in [-0.2, -0.15) is 4.98 Å². The third-order valence-corrected chi connectivity index (χ3v) is 5.14. The molecule has 10 heteroatoms. The van der Waals surface area contributed by atoms with E-state index < -0.39 is 10.0 Å². The molecule has 1 aromatic rings. The number of carbonyl (C=O) groups excluding carboxylic acids is 1. The Labute approximate surface area is 147 Å². The number of carbonyl (C=O) groups is 1. The highest BCUT2D eigenvalue weighted by atomic mass is 32.2. The van der Waals surface area contributed by atoms with Crippen LogP contribution in [0.3, 0.4) is 0 Å². The van der Waals surface area contributed by atoms with Crippen LogP contribution in [0.1, 0.15) is 26.7 Å². The van der Waals surface area contributed by atoms with Gasteiger partial charge in [-0.1, -0.05) is 0 Å². The zero-order valence-corrected chi connectivity index (χ0v) is 15.5. The second kappa shape index (κ2) is 8.43. The van der Waals surface area contributed by atoms with E-state index in [0.29, 0.717) is 44.8 Å². The number of piperidine rings is 1. The SMILES string of the molecule is CCOc1ncc(NC(=O)C2CCN(S(C)(=O)=O)CC2)c(OCC)n1. The topological polar surface area (TPSA) is 111 Å². The molecule has 1 aromatic heterocycles. The highest BCUT2D eigenvalue weighted by molar-refractivity contribution is 7.88. The molecule has 2 heterocycles. The second-order valence-corrected chi connectivity index (χ2v) is 7.65. The van der Waals surface area contributed by atoms with Gasteiger partial charge in [0.15, 0.2) is 0 Å². The van der Waals surface area contributed by atoms with E-state index in [0.717, 1.165) is 0 Å². The second-order valence-electron chi connectivity index (χ2n) is 5.66. The van der Waals surface area contributed by atoms with Crippen molar-refractivity contribution in [2.75, 3.05) is 37.9 Å². The van der Waals surface area contributed by atoms with E-state index in [1.165, 1.54) is 16.8 Å². The molecule has 25 heavy (non-hydrogen) atoms. The number of rotatable bonds is 7. The van der Waals surface area contributed by atoms with Crippen molar-refractivity contribution in [2.24, 2.45) is 5.92 Å². The number of nitrogens with one attached hydrogen (secondary N) is 1. The van der Waals surface area contributed by atoms with Crippen LogP contribution in [-0.4, -0.2) is 61.2 Å². The first kappa shape index (κ1) is 19.4. The molecule has 0 atom stereocenters. The van der Waals surface area contributed by atoms with E-state index in [-0.39, 0.29) is 23.7 Å². The molecule has 9 nitrogen and oxygen atoms in total. The first-order valence-electron chi connectivity index (χ1n) is 8.23. The molecule has 0 aromatic carbocycles. The molecule has 140 valence electrons. The summed E-state index contributed by atoms with van der Waals surface area (Å²) in [7, 11) is -3.21. The lowest BCUT2D eigenvalue weighted by molar-refractivity contribution is -0.120. The molecule has 2 rings (SSSR count). The molecule has 0 saturated carbocycles. The Bertz CT molecular complexity index is 702. The number of nitrogens with zero attached hydrogens (tertiary/aromatic N) is 3. The average Bonchev–Trinajstić information content (AvgIpc) is 2.57. The molecular weight excluding hydrogens is 348 g/mol. The summed E-state index contributed by atoms with van der Waals surface area (Å²) in [5.41, 5.74) is 0.376. The monoisotopic (exact) mass is 372 g/mol. The minimum atomic E-state index is -3.21. The number of sulfonamides is 1. The fourth-order valence-corrected chi connectivity index (χ4v) is 3.44. The van der Waals surface area contributed by atoms with Crippen molar-refractivity contribution in [1.82, 2.24) is 14.3 Å². The van der Waals surface area contributed by atoms with Crippen LogP contribution in [0.5, 0.6) is 11.9 Å². The number of aromatic nitrogens is 2. The van der Waals surface area contributed by atoms with E-state index in [9.17, 15) is 13.2 Å². The number of ether oxygens (including phenoxy) is 2. The van der Waals surface area contributed by atoms with E-state index in [2.05, 4.69) is 15.3 Å². The standard InChI is InChI=1S/C15H24N4O5S/c1-4-23-14-12(10-16-15(18-14)24-5-2)17-13(20)11-6-8-19(9-7-11)25(3,21)22/h10-11H,4-9H2,1-3H3,(H,17,20). The first-order chi connectivity index (χ1) is 11.8. The zero-order chi connectivity index (χ0) is 18.4. The quantitative estimate of drug-likeness (QED) is 0.756. The largest absolute Gasteiger partial charge is 0.476 e. The minimum absolute atomic E-state index is 0.186. The number of amides is 1. The van der Waals surface area contributed by atoms with Gasteiger partial charge < -0.3 is 14.8 Å². The Morgan fingerprint density at radius 3 is 2.48 bits per heavy atom. The first-order valence-corrected chi connectivity index (χ1v) is 10.1. The predicted molar refractivity (Wildman–Crippen MR) is 92.1 cm³/mol. The average molecular weight is 372 g/mol. The molecule has 1 saturated heterocycles. The summed E-state index contributed by atoms with van der Waals surface area (Å²) in [6.07, 6.45) is 3.58. The van der Waals surface area contributed by atoms with E-state index in [1.54, 1.807) is 0 Å². The third kappa shape index (κ3) is 5.27. The lowest BCUT2D eigenvalue weighted by Crippen LogP contribution is -2.40. The fraction of sp³-hybridized carbons (Fsp3) is 0.667. The van der Waals surface area contributed by atoms with Gasteiger partial charge >= 0.3 is 6.01 Å². The van der Waals surface area contributed by atoms with Crippen molar-refractivity contribution in [3.63, 3.8) is 0 Å². The van der Waals surface area contributed by atoms with Crippen LogP contribution in [-0.2, 0) is 14.8 Å². The maximum absolute atomic E-state index is 12.5. The van der Waals surface area contributed by atoms with Crippen LogP contribution in [0.2, 0.25) is 0 Å². The Morgan fingerprint density at radius 2 is 1.92 bits per heavy atom. The molecule has 1 aliphatic rings. The van der Waals surface area contributed by atoms with Gasteiger partial charge in [-0.05, 0) is 26.7 Å². The zero-order valence-electron chi connectivity index (χ0n) is 14.7. The molecule has 0 aliphatic carbocycles. The Balaban J connectivity index is 2.03. The smallest absolute Gasteiger partial charge is 0.319 e. The summed E-state index contributed by atoms with van der Waals surface area (Å²) in [6.45, 7) is 5.13. The van der Waals surface area contributed by atoms with Gasteiger partial charge in [-0.3, -0.25) is 4.79 Å². The summed E-state index contributed by atoms with van der Waals surface area (Å²) in [6, 6.07) is 0.186. The molecule has 1 N–H and O–H groups in total. The van der Waals surface area contributed by atoms with Crippen LogP contribution in [0.25, 0.3) is 0 Å². The van der Waals surface area contributed by atoms with Gasteiger partial charge in [0, 0.05) is 19.0 Å². The molecule has 1 amide bonds. The summed E-state index contributed by atoms with van der Waals surface area (Å²) in [5.74, 6) is -0.205. The Kier molecular flexibility index (Phi) is 6.54. The van der Waals surface area contributed by atoms with Crippen molar-refractivity contribution in [1.29, 1.82) is 0 Å². The normalized spacial score (nSPS) is 16.4. The van der Waals surface area contributed by atoms with Crippen molar-refractivity contribution < 1.29 is 22.7 Å². The van der Waals surface area contributed by atoms with Gasteiger partial charge in [0.1, 0.15) is 5.69 Å². The minimum Gasteiger partial charge on any atom is -0.476 e.